The van der Waals surface area contributed by atoms with Gasteiger partial charge in [0.25, 0.3) is 0 Å². The number of aryl methyl sites for hydroxylation is 3. The van der Waals surface area contributed by atoms with Gasteiger partial charge >= 0.3 is 0 Å². The Labute approximate surface area is 133 Å². The lowest BCUT2D eigenvalue weighted by Crippen LogP contribution is -2.22. The largest absolute Gasteiger partial charge is 0.352 e. The molecule has 0 fully saturated rings. The summed E-state index contributed by atoms with van der Waals surface area (Å²) in [6.45, 7) is 0.438. The lowest BCUT2D eigenvalue weighted by atomic mass is 10.0. The van der Waals surface area contributed by atoms with E-state index in [2.05, 4.69) is 10.3 Å². The number of carbonyl (C=O) groups is 1. The van der Waals surface area contributed by atoms with E-state index in [-0.39, 0.29) is 11.7 Å². The van der Waals surface area contributed by atoms with Gasteiger partial charge in [0.15, 0.2) is 0 Å². The third kappa shape index (κ3) is 3.91. The van der Waals surface area contributed by atoms with Crippen molar-refractivity contribution in [3.63, 3.8) is 0 Å². The molecule has 1 aromatic carbocycles. The molecule has 0 aliphatic heterocycles. The summed E-state index contributed by atoms with van der Waals surface area (Å²) in [6, 6.07) is 6.18. The van der Waals surface area contributed by atoms with E-state index >= 15 is 0 Å². The highest BCUT2D eigenvalue weighted by atomic mass is 32.1. The molecule has 3 nitrogen and oxygen atoms in total. The quantitative estimate of drug-likeness (QED) is 0.918. The average Bonchev–Trinajstić information content (AvgIpc) is 2.95. The molecule has 0 saturated heterocycles. The van der Waals surface area contributed by atoms with Gasteiger partial charge in [-0.2, -0.15) is 0 Å². The van der Waals surface area contributed by atoms with E-state index in [0.29, 0.717) is 19.4 Å². The molecule has 5 heteroatoms. The number of aromatic nitrogens is 1. The predicted molar refractivity (Wildman–Crippen MR) is 85.3 cm³/mol. The Hall–Kier alpha value is -1.75. The molecule has 1 aliphatic carbocycles. The Morgan fingerprint density at radius 2 is 2.00 bits per heavy atom. The van der Waals surface area contributed by atoms with Gasteiger partial charge in [0.2, 0.25) is 5.91 Å². The molecule has 0 bridgehead atoms. The van der Waals surface area contributed by atoms with E-state index < -0.39 is 0 Å². The van der Waals surface area contributed by atoms with Crippen molar-refractivity contribution in [2.24, 2.45) is 0 Å². The van der Waals surface area contributed by atoms with Crippen LogP contribution < -0.4 is 5.32 Å². The Morgan fingerprint density at radius 3 is 2.77 bits per heavy atom. The van der Waals surface area contributed by atoms with Crippen molar-refractivity contribution in [2.45, 2.75) is 45.1 Å². The molecule has 116 valence electrons. The lowest BCUT2D eigenvalue weighted by Gasteiger charge is -2.06. The third-order valence-electron chi connectivity index (χ3n) is 3.86. The number of thiazole rings is 1. The number of rotatable bonds is 5. The predicted octanol–water partition coefficient (Wildman–Crippen LogP) is 3.41. The standard InChI is InChI=1S/C17H19FN2OS/c18-13-7-5-12(6-8-13)11-19-16(21)9-10-17-20-14-3-1-2-4-15(14)22-17/h5-8H,1-4,9-11H2,(H,19,21). The van der Waals surface area contributed by atoms with Crippen LogP contribution in [-0.4, -0.2) is 10.9 Å². The van der Waals surface area contributed by atoms with Crippen LogP contribution in [0.15, 0.2) is 24.3 Å². The highest BCUT2D eigenvalue weighted by Gasteiger charge is 2.15. The van der Waals surface area contributed by atoms with Gasteiger partial charge in [-0.25, -0.2) is 9.37 Å². The SMILES string of the molecule is O=C(CCc1nc2c(s1)CCCC2)NCc1ccc(F)cc1. The first-order chi connectivity index (χ1) is 10.7. The van der Waals surface area contributed by atoms with E-state index in [1.807, 2.05) is 0 Å². The fraction of sp³-hybridized carbons (Fsp3) is 0.412. The number of nitrogens with zero attached hydrogens (tertiary/aromatic N) is 1. The summed E-state index contributed by atoms with van der Waals surface area (Å²) in [7, 11) is 0. The molecule has 2 aromatic rings. The minimum Gasteiger partial charge on any atom is -0.352 e. The number of nitrogens with one attached hydrogen (secondary N) is 1. The van der Waals surface area contributed by atoms with Crippen molar-refractivity contribution >= 4 is 17.2 Å². The molecule has 1 aromatic heterocycles. The van der Waals surface area contributed by atoms with Gasteiger partial charge in [0.05, 0.1) is 10.7 Å². The van der Waals surface area contributed by atoms with Crippen LogP contribution in [0.2, 0.25) is 0 Å². The molecule has 0 spiro atoms. The molecule has 3 rings (SSSR count). The van der Waals surface area contributed by atoms with Gasteiger partial charge < -0.3 is 5.32 Å². The summed E-state index contributed by atoms with van der Waals surface area (Å²) in [4.78, 5) is 17.9. The van der Waals surface area contributed by atoms with Crippen molar-refractivity contribution in [3.05, 3.63) is 51.2 Å². The summed E-state index contributed by atoms with van der Waals surface area (Å²) < 4.78 is 12.8. The zero-order chi connectivity index (χ0) is 15.4. The van der Waals surface area contributed by atoms with Crippen LogP contribution >= 0.6 is 11.3 Å². The molecular formula is C17H19FN2OS. The van der Waals surface area contributed by atoms with Crippen LogP contribution in [0.4, 0.5) is 4.39 Å². The lowest BCUT2D eigenvalue weighted by molar-refractivity contribution is -0.121. The molecule has 1 aliphatic rings. The Balaban J connectivity index is 1.46. The number of amides is 1. The van der Waals surface area contributed by atoms with Gasteiger partial charge in [-0.15, -0.1) is 11.3 Å². The van der Waals surface area contributed by atoms with Crippen molar-refractivity contribution in [2.75, 3.05) is 0 Å². The first kappa shape index (κ1) is 15.2. The number of hydrogen-bond acceptors (Lipinski definition) is 3. The van der Waals surface area contributed by atoms with Crippen LogP contribution in [0.5, 0.6) is 0 Å². The first-order valence-corrected chi connectivity index (χ1v) is 8.51. The second kappa shape index (κ2) is 7.01. The van der Waals surface area contributed by atoms with Gasteiger partial charge in [-0.1, -0.05) is 12.1 Å². The monoisotopic (exact) mass is 318 g/mol. The van der Waals surface area contributed by atoms with Crippen molar-refractivity contribution < 1.29 is 9.18 Å². The normalized spacial score (nSPS) is 13.7. The number of hydrogen-bond donors (Lipinski definition) is 1. The molecule has 0 radical (unpaired) electrons. The second-order valence-corrected chi connectivity index (χ2v) is 6.76. The van der Waals surface area contributed by atoms with Crippen LogP contribution in [0, 0.1) is 5.82 Å². The average molecular weight is 318 g/mol. The minimum atomic E-state index is -0.261. The molecule has 1 heterocycles. The number of carbonyl (C=O) groups excluding carboxylic acids is 1. The van der Waals surface area contributed by atoms with Crippen LogP contribution in [0.3, 0.4) is 0 Å². The molecule has 1 amide bonds. The van der Waals surface area contributed by atoms with Crippen LogP contribution in [0.25, 0.3) is 0 Å². The number of fused-ring (bicyclic) bond motifs is 1. The molecule has 0 saturated carbocycles. The van der Waals surface area contributed by atoms with E-state index in [9.17, 15) is 9.18 Å². The van der Waals surface area contributed by atoms with E-state index in [4.69, 9.17) is 0 Å². The Bertz CT molecular complexity index is 628. The number of benzene rings is 1. The van der Waals surface area contributed by atoms with Crippen molar-refractivity contribution in [1.29, 1.82) is 0 Å². The summed E-state index contributed by atoms with van der Waals surface area (Å²) in [6.07, 6.45) is 5.87. The van der Waals surface area contributed by atoms with Crippen molar-refractivity contribution in [3.8, 4) is 0 Å². The minimum absolute atomic E-state index is 0.0116. The van der Waals surface area contributed by atoms with Gasteiger partial charge in [-0.05, 0) is 43.4 Å². The molecule has 0 unspecified atom stereocenters. The summed E-state index contributed by atoms with van der Waals surface area (Å²) in [5.41, 5.74) is 2.15. The van der Waals surface area contributed by atoms with E-state index in [1.54, 1.807) is 23.5 Å². The van der Waals surface area contributed by atoms with Crippen molar-refractivity contribution in [1.82, 2.24) is 10.3 Å². The fourth-order valence-corrected chi connectivity index (χ4v) is 3.78. The Morgan fingerprint density at radius 1 is 1.23 bits per heavy atom. The van der Waals surface area contributed by atoms with Gasteiger partial charge in [0.1, 0.15) is 5.82 Å². The Kier molecular flexibility index (Phi) is 4.83. The van der Waals surface area contributed by atoms with Crippen LogP contribution in [-0.2, 0) is 30.6 Å². The maximum Gasteiger partial charge on any atom is 0.220 e. The zero-order valence-corrected chi connectivity index (χ0v) is 13.2. The number of halogens is 1. The fourth-order valence-electron chi connectivity index (χ4n) is 2.62. The maximum absolute atomic E-state index is 12.8. The van der Waals surface area contributed by atoms with Gasteiger partial charge in [0, 0.05) is 24.3 Å². The smallest absolute Gasteiger partial charge is 0.220 e. The molecule has 0 atom stereocenters. The maximum atomic E-state index is 12.8. The highest BCUT2D eigenvalue weighted by molar-refractivity contribution is 7.11. The van der Waals surface area contributed by atoms with E-state index in [1.165, 1.54) is 35.5 Å². The molecule has 1 N–H and O–H groups in total. The summed E-state index contributed by atoms with van der Waals surface area (Å²) in [5, 5.41) is 3.94. The topological polar surface area (TPSA) is 42.0 Å². The third-order valence-corrected chi connectivity index (χ3v) is 5.08. The molecular weight excluding hydrogens is 299 g/mol. The summed E-state index contributed by atoms with van der Waals surface area (Å²) >= 11 is 1.76. The molecule has 22 heavy (non-hydrogen) atoms. The summed E-state index contributed by atoms with van der Waals surface area (Å²) in [5.74, 6) is -0.250. The van der Waals surface area contributed by atoms with Gasteiger partial charge in [-0.3, -0.25) is 4.79 Å². The zero-order valence-electron chi connectivity index (χ0n) is 12.4. The van der Waals surface area contributed by atoms with Crippen LogP contribution in [0.1, 0.15) is 40.4 Å². The highest BCUT2D eigenvalue weighted by Crippen LogP contribution is 2.27. The second-order valence-electron chi connectivity index (χ2n) is 5.59. The first-order valence-electron chi connectivity index (χ1n) is 7.69. The van der Waals surface area contributed by atoms with E-state index in [0.717, 1.165) is 23.4 Å².